The maximum Gasteiger partial charge on any atom is 0.456 e. The molecule has 0 atom stereocenters. The lowest BCUT2D eigenvalue weighted by molar-refractivity contribution is -0.141. The minimum Gasteiger partial charge on any atom is -0.361 e. The molecule has 0 aromatic carbocycles. The summed E-state index contributed by atoms with van der Waals surface area (Å²) in [4.78, 5) is 5.87. The normalized spacial score (nSPS) is 10.8. The van der Waals surface area contributed by atoms with Crippen molar-refractivity contribution < 1.29 is 13.2 Å². The summed E-state index contributed by atoms with van der Waals surface area (Å²) in [6.07, 6.45) is -4.47. The van der Waals surface area contributed by atoms with E-state index in [9.17, 15) is 13.2 Å². The lowest BCUT2D eigenvalue weighted by Gasteiger charge is -2.00. The molecule has 5 heteroatoms. The van der Waals surface area contributed by atoms with Gasteiger partial charge in [0.25, 0.3) is 5.82 Å². The van der Waals surface area contributed by atoms with Crippen LogP contribution in [0.5, 0.6) is 0 Å². The largest absolute Gasteiger partial charge is 0.456 e. The number of pyridine rings is 1. The zero-order valence-corrected chi connectivity index (χ0v) is 5.76. The summed E-state index contributed by atoms with van der Waals surface area (Å²) >= 11 is 0. The predicted octanol–water partition coefficient (Wildman–Crippen LogP) is 2.65. The van der Waals surface area contributed by atoms with E-state index in [0.29, 0.717) is 0 Å². The van der Waals surface area contributed by atoms with Crippen LogP contribution in [-0.4, -0.2) is 4.98 Å². The molecule has 0 fully saturated rings. The van der Waals surface area contributed by atoms with Gasteiger partial charge in [-0.05, 0) is 12.1 Å². The van der Waals surface area contributed by atoms with Crippen molar-refractivity contribution in [2.45, 2.75) is 6.18 Å². The highest BCUT2D eigenvalue weighted by Crippen LogP contribution is 2.28. The summed E-state index contributed by atoms with van der Waals surface area (Å²) in [5, 5.41) is 0. The van der Waals surface area contributed by atoms with Gasteiger partial charge in [-0.1, -0.05) is 12.6 Å². The molecule has 2 nitrogen and oxygen atoms in total. The van der Waals surface area contributed by atoms with Gasteiger partial charge in [0.15, 0.2) is 0 Å². The van der Waals surface area contributed by atoms with Crippen LogP contribution in [0, 0.1) is 6.57 Å². The van der Waals surface area contributed by atoms with Crippen LogP contribution in [-0.2, 0) is 6.18 Å². The van der Waals surface area contributed by atoms with E-state index in [1.54, 1.807) is 0 Å². The second-order valence-electron chi connectivity index (χ2n) is 1.99. The van der Waals surface area contributed by atoms with E-state index in [0.717, 1.165) is 12.1 Å². The average Bonchev–Trinajstić information content (AvgIpc) is 2.03. The van der Waals surface area contributed by atoms with Gasteiger partial charge in [0.2, 0.25) is 5.69 Å². The molecule has 0 radical (unpaired) electrons. The van der Waals surface area contributed by atoms with Crippen LogP contribution >= 0.6 is 0 Å². The van der Waals surface area contributed by atoms with Crippen molar-refractivity contribution in [3.05, 3.63) is 35.3 Å². The van der Waals surface area contributed by atoms with Crippen LogP contribution in [0.15, 0.2) is 18.2 Å². The van der Waals surface area contributed by atoms with E-state index in [1.807, 2.05) is 0 Å². The van der Waals surface area contributed by atoms with Gasteiger partial charge >= 0.3 is 6.18 Å². The Hall–Kier alpha value is -1.57. The first kappa shape index (κ1) is 8.53. The van der Waals surface area contributed by atoms with Crippen molar-refractivity contribution in [3.63, 3.8) is 0 Å². The van der Waals surface area contributed by atoms with Gasteiger partial charge in [0, 0.05) is 0 Å². The molecule has 0 saturated heterocycles. The van der Waals surface area contributed by atoms with Crippen molar-refractivity contribution in [1.29, 1.82) is 0 Å². The number of halogens is 3. The van der Waals surface area contributed by atoms with Gasteiger partial charge in [-0.2, -0.15) is 13.2 Å². The molecule has 1 heterocycles. The summed E-state index contributed by atoms with van der Waals surface area (Å²) in [6, 6.07) is 3.21. The third kappa shape index (κ3) is 1.72. The third-order valence-corrected chi connectivity index (χ3v) is 1.14. The molecule has 1 aromatic heterocycles. The Bertz CT molecular complexity index is 324. The highest BCUT2D eigenvalue weighted by Gasteiger charge is 2.35. The molecule has 0 N–H and O–H groups in total. The van der Waals surface area contributed by atoms with Gasteiger partial charge in [0.1, 0.15) is 0 Å². The van der Waals surface area contributed by atoms with Crippen LogP contribution in [0.25, 0.3) is 4.85 Å². The van der Waals surface area contributed by atoms with Gasteiger partial charge in [-0.3, -0.25) is 0 Å². The molecule has 0 aliphatic rings. The summed E-state index contributed by atoms with van der Waals surface area (Å²) < 4.78 is 35.8. The molecule has 0 unspecified atom stereocenters. The van der Waals surface area contributed by atoms with E-state index < -0.39 is 11.9 Å². The Morgan fingerprint density at radius 3 is 2.50 bits per heavy atom. The first-order chi connectivity index (χ1) is 5.54. The van der Waals surface area contributed by atoms with Gasteiger partial charge < -0.3 is 4.85 Å². The van der Waals surface area contributed by atoms with E-state index >= 15 is 0 Å². The predicted molar refractivity (Wildman–Crippen MR) is 35.5 cm³/mol. The smallest absolute Gasteiger partial charge is 0.361 e. The molecule has 0 bridgehead atoms. The molecule has 0 aliphatic heterocycles. The minimum absolute atomic E-state index is 0.246. The Labute approximate surface area is 66.5 Å². The van der Waals surface area contributed by atoms with E-state index in [4.69, 9.17) is 6.57 Å². The van der Waals surface area contributed by atoms with Crippen LogP contribution in [0.4, 0.5) is 19.0 Å². The van der Waals surface area contributed by atoms with Crippen molar-refractivity contribution in [1.82, 2.24) is 4.98 Å². The molecule has 0 saturated carbocycles. The van der Waals surface area contributed by atoms with Crippen molar-refractivity contribution in [2.75, 3.05) is 0 Å². The highest BCUT2D eigenvalue weighted by molar-refractivity contribution is 5.36. The van der Waals surface area contributed by atoms with Gasteiger partial charge in [-0.15, -0.1) is 4.98 Å². The van der Waals surface area contributed by atoms with Crippen molar-refractivity contribution in [2.24, 2.45) is 0 Å². The highest BCUT2D eigenvalue weighted by atomic mass is 19.4. The Balaban J connectivity index is 3.13. The lowest BCUT2D eigenvalue weighted by Crippen LogP contribution is -2.06. The number of aromatic nitrogens is 1. The average molecular weight is 172 g/mol. The fourth-order valence-electron chi connectivity index (χ4n) is 0.643. The molecule has 0 amide bonds. The van der Waals surface area contributed by atoms with E-state index in [1.165, 1.54) is 6.07 Å². The number of hydrogen-bond donors (Lipinski definition) is 0. The quantitative estimate of drug-likeness (QED) is 0.550. The van der Waals surface area contributed by atoms with Gasteiger partial charge in [0.05, 0.1) is 0 Å². The standard InChI is InChI=1S/C7H3F3N2/c1-11-6-4-2-3-5(12-6)7(8,9)10/h2-4H. The first-order valence-corrected chi connectivity index (χ1v) is 2.96. The Kier molecular flexibility index (Phi) is 2.00. The van der Waals surface area contributed by atoms with E-state index in [2.05, 4.69) is 9.83 Å². The molecule has 62 valence electrons. The fraction of sp³-hybridized carbons (Fsp3) is 0.143. The molecular weight excluding hydrogens is 169 g/mol. The number of nitrogens with zero attached hydrogens (tertiary/aromatic N) is 2. The molecule has 1 aromatic rings. The molecule has 0 aliphatic carbocycles. The fourth-order valence-corrected chi connectivity index (χ4v) is 0.643. The SMILES string of the molecule is [C-]#[N+]c1cccc(C(F)(F)F)n1. The molecule has 0 spiro atoms. The topological polar surface area (TPSA) is 17.2 Å². The first-order valence-electron chi connectivity index (χ1n) is 2.96. The maximum atomic E-state index is 11.9. The molecule has 1 rings (SSSR count). The lowest BCUT2D eigenvalue weighted by atomic mass is 10.3. The van der Waals surface area contributed by atoms with Crippen LogP contribution in [0.3, 0.4) is 0 Å². The van der Waals surface area contributed by atoms with Crippen LogP contribution in [0.1, 0.15) is 5.69 Å². The van der Waals surface area contributed by atoms with Crippen LogP contribution < -0.4 is 0 Å². The summed E-state index contributed by atoms with van der Waals surface area (Å²) in [5.74, 6) is -0.246. The Morgan fingerprint density at radius 2 is 2.00 bits per heavy atom. The monoisotopic (exact) mass is 172 g/mol. The van der Waals surface area contributed by atoms with E-state index in [-0.39, 0.29) is 5.82 Å². The van der Waals surface area contributed by atoms with Crippen molar-refractivity contribution >= 4 is 5.82 Å². The zero-order valence-electron chi connectivity index (χ0n) is 5.76. The Morgan fingerprint density at radius 1 is 1.33 bits per heavy atom. The van der Waals surface area contributed by atoms with Crippen LogP contribution in [0.2, 0.25) is 0 Å². The summed E-state index contributed by atoms with van der Waals surface area (Å²) in [6.45, 7) is 6.44. The maximum absolute atomic E-state index is 11.9. The molecular formula is C7H3F3N2. The zero-order chi connectivity index (χ0) is 9.19. The number of alkyl halides is 3. The second kappa shape index (κ2) is 2.81. The summed E-state index contributed by atoms with van der Waals surface area (Å²) in [5.41, 5.74) is -1.03. The second-order valence-corrected chi connectivity index (χ2v) is 1.99. The van der Waals surface area contributed by atoms with Crippen molar-refractivity contribution in [3.8, 4) is 0 Å². The third-order valence-electron chi connectivity index (χ3n) is 1.14. The number of rotatable bonds is 0. The number of hydrogen-bond acceptors (Lipinski definition) is 1. The molecule has 12 heavy (non-hydrogen) atoms. The van der Waals surface area contributed by atoms with Gasteiger partial charge in [-0.25, -0.2) is 0 Å². The minimum atomic E-state index is -4.47. The summed E-state index contributed by atoms with van der Waals surface area (Å²) in [7, 11) is 0.